The lowest BCUT2D eigenvalue weighted by Gasteiger charge is -2.19. The number of rotatable bonds is 5. The summed E-state index contributed by atoms with van der Waals surface area (Å²) in [5, 5.41) is 0. The standard InChI is InChI=1S/C15H15BrF2N2O/c1-21-9-5-6-12(16)10(7-9)15(20-19)8-11-13(17)3-2-4-14(11)18/h2-7,15,20H,8,19H2,1H3. The van der Waals surface area contributed by atoms with Crippen molar-refractivity contribution >= 4 is 15.9 Å². The van der Waals surface area contributed by atoms with Crippen LogP contribution < -0.4 is 16.0 Å². The maximum atomic E-state index is 13.8. The molecule has 0 aliphatic heterocycles. The zero-order valence-electron chi connectivity index (χ0n) is 11.4. The van der Waals surface area contributed by atoms with E-state index in [4.69, 9.17) is 10.6 Å². The number of nitrogens with two attached hydrogens (primary N) is 1. The maximum Gasteiger partial charge on any atom is 0.129 e. The van der Waals surface area contributed by atoms with Gasteiger partial charge in [0.25, 0.3) is 0 Å². The van der Waals surface area contributed by atoms with Gasteiger partial charge in [0, 0.05) is 10.0 Å². The quantitative estimate of drug-likeness (QED) is 0.636. The molecule has 1 atom stereocenters. The van der Waals surface area contributed by atoms with E-state index in [-0.39, 0.29) is 12.0 Å². The van der Waals surface area contributed by atoms with Crippen molar-refractivity contribution in [2.45, 2.75) is 12.5 Å². The topological polar surface area (TPSA) is 47.3 Å². The second kappa shape index (κ2) is 6.98. The summed E-state index contributed by atoms with van der Waals surface area (Å²) in [7, 11) is 1.55. The number of ether oxygens (including phenoxy) is 1. The third-order valence-corrected chi connectivity index (χ3v) is 3.97. The average molecular weight is 357 g/mol. The van der Waals surface area contributed by atoms with Crippen molar-refractivity contribution < 1.29 is 13.5 Å². The van der Waals surface area contributed by atoms with E-state index in [9.17, 15) is 8.78 Å². The van der Waals surface area contributed by atoms with Gasteiger partial charge in [-0.05, 0) is 42.3 Å². The van der Waals surface area contributed by atoms with Gasteiger partial charge in [0.05, 0.1) is 13.2 Å². The van der Waals surface area contributed by atoms with Crippen LogP contribution in [0.5, 0.6) is 5.75 Å². The van der Waals surface area contributed by atoms with Crippen LogP contribution in [0.4, 0.5) is 8.78 Å². The van der Waals surface area contributed by atoms with Gasteiger partial charge < -0.3 is 4.74 Å². The lowest BCUT2D eigenvalue weighted by atomic mass is 9.98. The van der Waals surface area contributed by atoms with Gasteiger partial charge in [0.2, 0.25) is 0 Å². The first kappa shape index (κ1) is 15.9. The molecule has 0 saturated carbocycles. The number of benzene rings is 2. The van der Waals surface area contributed by atoms with E-state index in [1.54, 1.807) is 25.3 Å². The molecule has 0 radical (unpaired) electrons. The van der Waals surface area contributed by atoms with Crippen molar-refractivity contribution in [2.75, 3.05) is 7.11 Å². The van der Waals surface area contributed by atoms with Gasteiger partial charge in [0.15, 0.2) is 0 Å². The highest BCUT2D eigenvalue weighted by atomic mass is 79.9. The highest BCUT2D eigenvalue weighted by Gasteiger charge is 2.19. The van der Waals surface area contributed by atoms with Crippen molar-refractivity contribution in [1.29, 1.82) is 0 Å². The SMILES string of the molecule is COc1ccc(Br)c(C(Cc2c(F)cccc2F)NN)c1. The summed E-state index contributed by atoms with van der Waals surface area (Å²) in [5.41, 5.74) is 3.35. The molecule has 0 aromatic heterocycles. The summed E-state index contributed by atoms with van der Waals surface area (Å²) in [6, 6.07) is 8.69. The molecule has 0 amide bonds. The third kappa shape index (κ3) is 3.58. The molecule has 2 aromatic rings. The van der Waals surface area contributed by atoms with Crippen LogP contribution in [0, 0.1) is 11.6 Å². The first-order valence-electron chi connectivity index (χ1n) is 6.29. The molecular weight excluding hydrogens is 342 g/mol. The van der Waals surface area contributed by atoms with Crippen molar-refractivity contribution in [3.8, 4) is 5.75 Å². The summed E-state index contributed by atoms with van der Waals surface area (Å²) in [5.74, 6) is 5.02. The van der Waals surface area contributed by atoms with Gasteiger partial charge in [-0.1, -0.05) is 22.0 Å². The minimum absolute atomic E-state index is 0.00447. The Morgan fingerprint density at radius 1 is 1.24 bits per heavy atom. The predicted octanol–water partition coefficient (Wildman–Crippen LogP) is 3.48. The lowest BCUT2D eigenvalue weighted by molar-refractivity contribution is 0.412. The van der Waals surface area contributed by atoms with Crippen molar-refractivity contribution in [3.63, 3.8) is 0 Å². The Hall–Kier alpha value is -1.50. The van der Waals surface area contributed by atoms with Crippen LogP contribution in [0.3, 0.4) is 0 Å². The summed E-state index contributed by atoms with van der Waals surface area (Å²) in [6.45, 7) is 0. The van der Waals surface area contributed by atoms with Crippen LogP contribution in [-0.4, -0.2) is 7.11 Å². The van der Waals surface area contributed by atoms with Crippen LogP contribution in [-0.2, 0) is 6.42 Å². The number of hydrogen-bond donors (Lipinski definition) is 2. The molecule has 21 heavy (non-hydrogen) atoms. The molecule has 2 rings (SSSR count). The molecule has 3 N–H and O–H groups in total. The van der Waals surface area contributed by atoms with E-state index in [2.05, 4.69) is 21.4 Å². The maximum absolute atomic E-state index is 13.8. The number of nitrogens with one attached hydrogen (secondary N) is 1. The fraction of sp³-hybridized carbons (Fsp3) is 0.200. The largest absolute Gasteiger partial charge is 0.497 e. The first-order chi connectivity index (χ1) is 10.1. The van der Waals surface area contributed by atoms with Gasteiger partial charge in [-0.3, -0.25) is 11.3 Å². The number of hydrogen-bond acceptors (Lipinski definition) is 3. The number of halogens is 3. The highest BCUT2D eigenvalue weighted by Crippen LogP contribution is 2.30. The Bertz CT molecular complexity index is 617. The summed E-state index contributed by atoms with van der Waals surface area (Å²) >= 11 is 3.41. The smallest absolute Gasteiger partial charge is 0.129 e. The summed E-state index contributed by atoms with van der Waals surface area (Å²) in [6.07, 6.45) is 0.0841. The highest BCUT2D eigenvalue weighted by molar-refractivity contribution is 9.10. The third-order valence-electron chi connectivity index (χ3n) is 3.25. The first-order valence-corrected chi connectivity index (χ1v) is 7.08. The summed E-state index contributed by atoms with van der Waals surface area (Å²) in [4.78, 5) is 0. The second-order valence-corrected chi connectivity index (χ2v) is 5.37. The van der Waals surface area contributed by atoms with Gasteiger partial charge in [-0.2, -0.15) is 0 Å². The number of methoxy groups -OCH3 is 1. The minimum atomic E-state index is -0.589. The molecule has 0 aliphatic carbocycles. The van der Waals surface area contributed by atoms with Gasteiger partial charge in [-0.15, -0.1) is 0 Å². The Morgan fingerprint density at radius 2 is 1.90 bits per heavy atom. The molecule has 3 nitrogen and oxygen atoms in total. The lowest BCUT2D eigenvalue weighted by Crippen LogP contribution is -2.30. The molecule has 0 spiro atoms. The van der Waals surface area contributed by atoms with Crippen LogP contribution in [0.2, 0.25) is 0 Å². The molecule has 1 unspecified atom stereocenters. The Kier molecular flexibility index (Phi) is 5.27. The van der Waals surface area contributed by atoms with Crippen LogP contribution in [0.25, 0.3) is 0 Å². The van der Waals surface area contributed by atoms with E-state index in [0.29, 0.717) is 5.75 Å². The van der Waals surface area contributed by atoms with Gasteiger partial charge in [0.1, 0.15) is 17.4 Å². The molecule has 0 heterocycles. The fourth-order valence-electron chi connectivity index (χ4n) is 2.11. The zero-order chi connectivity index (χ0) is 15.4. The Balaban J connectivity index is 2.36. The molecule has 0 fully saturated rings. The molecule has 0 saturated heterocycles. The monoisotopic (exact) mass is 356 g/mol. The van der Waals surface area contributed by atoms with Gasteiger partial charge in [-0.25, -0.2) is 8.78 Å². The second-order valence-electron chi connectivity index (χ2n) is 4.51. The van der Waals surface area contributed by atoms with E-state index < -0.39 is 17.7 Å². The van der Waals surface area contributed by atoms with E-state index in [0.717, 1.165) is 10.0 Å². The van der Waals surface area contributed by atoms with Crippen LogP contribution >= 0.6 is 15.9 Å². The normalized spacial score (nSPS) is 12.2. The molecule has 6 heteroatoms. The minimum Gasteiger partial charge on any atom is -0.497 e. The van der Waals surface area contributed by atoms with E-state index in [1.807, 2.05) is 0 Å². The van der Waals surface area contributed by atoms with Crippen molar-refractivity contribution in [1.82, 2.24) is 5.43 Å². The predicted molar refractivity (Wildman–Crippen MR) is 80.8 cm³/mol. The number of hydrazine groups is 1. The molecule has 2 aromatic carbocycles. The van der Waals surface area contributed by atoms with Crippen molar-refractivity contribution in [2.24, 2.45) is 5.84 Å². The molecule has 112 valence electrons. The van der Waals surface area contributed by atoms with E-state index in [1.165, 1.54) is 18.2 Å². The van der Waals surface area contributed by atoms with E-state index >= 15 is 0 Å². The van der Waals surface area contributed by atoms with Crippen molar-refractivity contribution in [3.05, 3.63) is 63.6 Å². The molecule has 0 aliphatic rings. The fourth-order valence-corrected chi connectivity index (χ4v) is 2.63. The van der Waals surface area contributed by atoms with Crippen LogP contribution in [0.15, 0.2) is 40.9 Å². The zero-order valence-corrected chi connectivity index (χ0v) is 13.0. The molecule has 0 bridgehead atoms. The Morgan fingerprint density at radius 3 is 2.48 bits per heavy atom. The molecular formula is C15H15BrF2N2O. The Labute approximate surface area is 130 Å². The summed E-state index contributed by atoms with van der Waals surface area (Å²) < 4.78 is 33.5. The van der Waals surface area contributed by atoms with Gasteiger partial charge >= 0.3 is 0 Å². The van der Waals surface area contributed by atoms with Crippen LogP contribution in [0.1, 0.15) is 17.2 Å². The average Bonchev–Trinajstić information content (AvgIpc) is 2.48.